The van der Waals surface area contributed by atoms with Crippen molar-refractivity contribution in [1.29, 1.82) is 0 Å². The van der Waals surface area contributed by atoms with E-state index in [9.17, 15) is 4.79 Å². The van der Waals surface area contributed by atoms with E-state index < -0.39 is 0 Å². The molecule has 9 heteroatoms. The van der Waals surface area contributed by atoms with Crippen LogP contribution in [-0.2, 0) is 17.8 Å². The van der Waals surface area contributed by atoms with E-state index in [2.05, 4.69) is 39.8 Å². The molecule has 1 aliphatic rings. The van der Waals surface area contributed by atoms with Crippen molar-refractivity contribution < 1.29 is 23.7 Å². The Hall–Kier alpha value is -3.43. The van der Waals surface area contributed by atoms with Crippen molar-refractivity contribution >= 4 is 16.8 Å². The molecule has 0 aliphatic carbocycles. The van der Waals surface area contributed by atoms with E-state index in [4.69, 9.17) is 18.9 Å². The van der Waals surface area contributed by atoms with Gasteiger partial charge in [0.15, 0.2) is 11.5 Å². The molecule has 2 aromatic carbocycles. The van der Waals surface area contributed by atoms with E-state index in [-0.39, 0.29) is 24.5 Å². The van der Waals surface area contributed by atoms with E-state index in [0.717, 1.165) is 28.8 Å². The molecule has 2 atom stereocenters. The van der Waals surface area contributed by atoms with Gasteiger partial charge in [0, 0.05) is 29.6 Å². The van der Waals surface area contributed by atoms with Crippen LogP contribution in [0.3, 0.4) is 0 Å². The summed E-state index contributed by atoms with van der Waals surface area (Å²) >= 11 is 0. The summed E-state index contributed by atoms with van der Waals surface area (Å²) in [5, 5.41) is 4.20. The zero-order valence-electron chi connectivity index (χ0n) is 20.2. The summed E-state index contributed by atoms with van der Waals surface area (Å²) in [5.41, 5.74) is 9.65. The Morgan fingerprint density at radius 3 is 2.35 bits per heavy atom. The third-order valence-electron chi connectivity index (χ3n) is 6.14. The first-order valence-corrected chi connectivity index (χ1v) is 11.3. The predicted molar refractivity (Wildman–Crippen MR) is 130 cm³/mol. The minimum atomic E-state index is -0.197. The summed E-state index contributed by atoms with van der Waals surface area (Å²) in [6.45, 7) is 2.98. The molecule has 1 aliphatic heterocycles. The van der Waals surface area contributed by atoms with Crippen LogP contribution < -0.4 is 35.1 Å². The van der Waals surface area contributed by atoms with Gasteiger partial charge in [0.05, 0.1) is 47.1 Å². The summed E-state index contributed by atoms with van der Waals surface area (Å²) in [7, 11) is 6.34. The van der Waals surface area contributed by atoms with Crippen LogP contribution in [0, 0.1) is 0 Å². The third-order valence-corrected chi connectivity index (χ3v) is 6.14. The lowest BCUT2D eigenvalue weighted by Crippen LogP contribution is -2.44. The first kappa shape index (κ1) is 23.7. The molecule has 0 radical (unpaired) electrons. The Balaban J connectivity index is 1.44. The number of benzene rings is 2. The normalized spacial score (nSPS) is 17.6. The molecule has 1 fully saturated rings. The number of rotatable bonds is 9. The fourth-order valence-corrected chi connectivity index (χ4v) is 4.55. The molecule has 4 rings (SSSR count). The van der Waals surface area contributed by atoms with Crippen molar-refractivity contribution in [2.75, 3.05) is 28.4 Å². The standard InChI is InChI=1S/C25H32N4O5/c1-6-29-19-8-7-17(31-2)12-16(19)13-20(29)18-14-23(28-27-18)26-24(30)11-15-9-21(32-3)25(34-5)22(10-15)33-4/h7-10,12-13,18,23,27-28H,6,11,14H2,1-5H3,(H,26,30). The topological polar surface area (TPSA) is 95.0 Å². The Morgan fingerprint density at radius 1 is 1.00 bits per heavy atom. The fourth-order valence-electron chi connectivity index (χ4n) is 4.55. The van der Waals surface area contributed by atoms with Crippen LogP contribution in [0.2, 0.25) is 0 Å². The molecule has 0 saturated carbocycles. The Kier molecular flexibility index (Phi) is 7.14. The first-order chi connectivity index (χ1) is 16.5. The van der Waals surface area contributed by atoms with Crippen LogP contribution in [0.25, 0.3) is 10.9 Å². The lowest BCUT2D eigenvalue weighted by atomic mass is 10.1. The minimum Gasteiger partial charge on any atom is -0.497 e. The highest BCUT2D eigenvalue weighted by atomic mass is 16.5. The molecule has 3 N–H and O–H groups in total. The quantitative estimate of drug-likeness (QED) is 0.445. The van der Waals surface area contributed by atoms with Crippen molar-refractivity contribution in [2.24, 2.45) is 0 Å². The van der Waals surface area contributed by atoms with Crippen LogP contribution in [0.1, 0.15) is 30.6 Å². The molecule has 0 bridgehead atoms. The highest BCUT2D eigenvalue weighted by molar-refractivity contribution is 5.83. The van der Waals surface area contributed by atoms with E-state index in [1.54, 1.807) is 40.6 Å². The van der Waals surface area contributed by atoms with Gasteiger partial charge >= 0.3 is 0 Å². The maximum absolute atomic E-state index is 12.8. The molecule has 2 heterocycles. The number of hydrogen-bond donors (Lipinski definition) is 3. The molecule has 1 amide bonds. The molecule has 34 heavy (non-hydrogen) atoms. The highest BCUT2D eigenvalue weighted by Gasteiger charge is 2.29. The largest absolute Gasteiger partial charge is 0.497 e. The predicted octanol–water partition coefficient (Wildman–Crippen LogP) is 2.92. The average Bonchev–Trinajstić information content (AvgIpc) is 3.46. The number of carbonyl (C=O) groups is 1. The first-order valence-electron chi connectivity index (χ1n) is 11.3. The zero-order valence-corrected chi connectivity index (χ0v) is 20.2. The van der Waals surface area contributed by atoms with Crippen LogP contribution in [0.15, 0.2) is 36.4 Å². The molecular formula is C25H32N4O5. The fraction of sp³-hybridized carbons (Fsp3) is 0.400. The Bertz CT molecular complexity index is 1150. The number of hydrogen-bond acceptors (Lipinski definition) is 7. The lowest BCUT2D eigenvalue weighted by Gasteiger charge is -2.16. The van der Waals surface area contributed by atoms with E-state index >= 15 is 0 Å². The van der Waals surface area contributed by atoms with Crippen LogP contribution >= 0.6 is 0 Å². The van der Waals surface area contributed by atoms with E-state index in [1.165, 1.54) is 5.69 Å². The van der Waals surface area contributed by atoms with Gasteiger partial charge in [0.1, 0.15) is 5.75 Å². The average molecular weight is 469 g/mol. The Morgan fingerprint density at radius 2 is 1.74 bits per heavy atom. The van der Waals surface area contributed by atoms with Gasteiger partial charge in [-0.1, -0.05) is 0 Å². The molecule has 3 aromatic rings. The van der Waals surface area contributed by atoms with Gasteiger partial charge < -0.3 is 28.8 Å². The number of nitrogens with one attached hydrogen (secondary N) is 3. The number of nitrogens with zero attached hydrogens (tertiary/aromatic N) is 1. The van der Waals surface area contributed by atoms with E-state index in [1.807, 2.05) is 12.1 Å². The monoisotopic (exact) mass is 468 g/mol. The third kappa shape index (κ3) is 4.62. The van der Waals surface area contributed by atoms with E-state index in [0.29, 0.717) is 23.7 Å². The van der Waals surface area contributed by atoms with Gasteiger partial charge in [-0.15, -0.1) is 0 Å². The summed E-state index contributed by atoms with van der Waals surface area (Å²) in [6, 6.07) is 11.9. The second-order valence-electron chi connectivity index (χ2n) is 8.15. The van der Waals surface area contributed by atoms with Crippen molar-refractivity contribution in [3.8, 4) is 23.0 Å². The number of hydrazine groups is 1. The van der Waals surface area contributed by atoms with Gasteiger partial charge in [-0.2, -0.15) is 0 Å². The number of aromatic nitrogens is 1. The molecular weight excluding hydrogens is 436 g/mol. The molecule has 2 unspecified atom stereocenters. The number of methoxy groups -OCH3 is 4. The summed E-state index contributed by atoms with van der Waals surface area (Å²) in [4.78, 5) is 12.8. The van der Waals surface area contributed by atoms with Gasteiger partial charge in [-0.25, -0.2) is 10.9 Å². The SMILES string of the molecule is CCn1c(C2CC(NC(=O)Cc3cc(OC)c(OC)c(OC)c3)NN2)cc2cc(OC)ccc21. The minimum absolute atomic E-state index is 0.0600. The number of carbonyl (C=O) groups excluding carboxylic acids is 1. The lowest BCUT2D eigenvalue weighted by molar-refractivity contribution is -0.121. The second-order valence-corrected chi connectivity index (χ2v) is 8.15. The number of ether oxygens (including phenoxy) is 4. The van der Waals surface area contributed by atoms with Gasteiger partial charge in [-0.3, -0.25) is 4.79 Å². The number of aryl methyl sites for hydroxylation is 1. The molecule has 1 saturated heterocycles. The smallest absolute Gasteiger partial charge is 0.225 e. The second kappa shape index (κ2) is 10.2. The zero-order chi connectivity index (χ0) is 24.2. The number of amides is 1. The number of fused-ring (bicyclic) bond motifs is 1. The molecule has 9 nitrogen and oxygen atoms in total. The van der Waals surface area contributed by atoms with Gasteiger partial charge in [0.25, 0.3) is 0 Å². The van der Waals surface area contributed by atoms with Crippen molar-refractivity contribution in [3.63, 3.8) is 0 Å². The van der Waals surface area contributed by atoms with Crippen molar-refractivity contribution in [2.45, 2.75) is 38.5 Å². The van der Waals surface area contributed by atoms with Crippen LogP contribution in [0.5, 0.6) is 23.0 Å². The Labute approximate surface area is 199 Å². The van der Waals surface area contributed by atoms with Crippen LogP contribution in [-0.4, -0.2) is 45.1 Å². The molecule has 0 spiro atoms. The maximum Gasteiger partial charge on any atom is 0.225 e. The maximum atomic E-state index is 12.8. The van der Waals surface area contributed by atoms with Gasteiger partial charge in [0.2, 0.25) is 11.7 Å². The summed E-state index contributed by atoms with van der Waals surface area (Å²) < 4.78 is 23.8. The molecule has 182 valence electrons. The summed E-state index contributed by atoms with van der Waals surface area (Å²) in [6.07, 6.45) is 0.709. The van der Waals surface area contributed by atoms with Crippen LogP contribution in [0.4, 0.5) is 0 Å². The highest BCUT2D eigenvalue weighted by Crippen LogP contribution is 2.38. The van der Waals surface area contributed by atoms with Gasteiger partial charge in [-0.05, 0) is 48.9 Å². The van der Waals surface area contributed by atoms with Crippen molar-refractivity contribution in [3.05, 3.63) is 47.7 Å². The van der Waals surface area contributed by atoms with Crippen molar-refractivity contribution in [1.82, 2.24) is 20.7 Å². The summed E-state index contributed by atoms with van der Waals surface area (Å²) in [5.74, 6) is 2.28. The molecule has 1 aromatic heterocycles.